The van der Waals surface area contributed by atoms with E-state index < -0.39 is 0 Å². The topological polar surface area (TPSA) is 71.1 Å². The minimum absolute atomic E-state index is 0.0155. The molecule has 6 heteroatoms. The lowest BCUT2D eigenvalue weighted by Crippen LogP contribution is -2.37. The lowest BCUT2D eigenvalue weighted by atomic mass is 10.1. The Balaban J connectivity index is 1.91. The largest absolute Gasteiger partial charge is 0.352 e. The first-order valence-corrected chi connectivity index (χ1v) is 7.20. The van der Waals surface area contributed by atoms with Crippen molar-refractivity contribution in [2.75, 3.05) is 6.54 Å². The lowest BCUT2D eigenvalue weighted by molar-refractivity contribution is -0.120. The summed E-state index contributed by atoms with van der Waals surface area (Å²) in [6.07, 6.45) is 3.75. The van der Waals surface area contributed by atoms with Crippen LogP contribution in [-0.4, -0.2) is 29.4 Å². The second-order valence-corrected chi connectivity index (χ2v) is 5.33. The second-order valence-electron chi connectivity index (χ2n) is 4.94. The van der Waals surface area contributed by atoms with Gasteiger partial charge in [0.15, 0.2) is 0 Å². The van der Waals surface area contributed by atoms with Crippen LogP contribution in [0.1, 0.15) is 42.2 Å². The third kappa shape index (κ3) is 4.49. The molecule has 0 aliphatic heterocycles. The first-order valence-electron chi connectivity index (χ1n) is 6.82. The molecule has 2 rings (SSSR count). The van der Waals surface area contributed by atoms with Crippen molar-refractivity contribution in [1.82, 2.24) is 15.6 Å². The molecule has 0 aromatic carbocycles. The molecule has 1 aromatic heterocycles. The van der Waals surface area contributed by atoms with Crippen LogP contribution in [0.25, 0.3) is 0 Å². The number of amides is 2. The van der Waals surface area contributed by atoms with E-state index in [4.69, 9.17) is 11.6 Å². The highest BCUT2D eigenvalue weighted by molar-refractivity contribution is 6.29. The van der Waals surface area contributed by atoms with E-state index in [9.17, 15) is 9.59 Å². The van der Waals surface area contributed by atoms with Crippen LogP contribution in [0.2, 0.25) is 5.15 Å². The van der Waals surface area contributed by atoms with Gasteiger partial charge in [-0.15, -0.1) is 0 Å². The van der Waals surface area contributed by atoms with E-state index in [1.165, 1.54) is 6.07 Å². The molecule has 1 aliphatic carbocycles. The van der Waals surface area contributed by atoms with Crippen LogP contribution < -0.4 is 10.6 Å². The van der Waals surface area contributed by atoms with Gasteiger partial charge in [-0.2, -0.15) is 0 Å². The fourth-order valence-corrected chi connectivity index (χ4v) is 2.06. The number of nitrogens with one attached hydrogen (secondary N) is 2. The summed E-state index contributed by atoms with van der Waals surface area (Å²) in [5, 5.41) is 5.70. The van der Waals surface area contributed by atoms with Gasteiger partial charge in [-0.1, -0.05) is 24.9 Å². The number of carbonyl (C=O) groups excluding carboxylic acids is 2. The van der Waals surface area contributed by atoms with E-state index in [-0.39, 0.29) is 18.4 Å². The monoisotopic (exact) mass is 295 g/mol. The fourth-order valence-electron chi connectivity index (χ4n) is 1.84. The summed E-state index contributed by atoms with van der Waals surface area (Å²) in [6.45, 7) is 2.02. The molecule has 1 aliphatic rings. The van der Waals surface area contributed by atoms with Gasteiger partial charge in [0.2, 0.25) is 5.91 Å². The Hall–Kier alpha value is -1.62. The maximum atomic E-state index is 12.0. The number of hydrogen-bond donors (Lipinski definition) is 2. The molecule has 0 unspecified atom stereocenters. The first kappa shape index (κ1) is 14.8. The Bertz CT molecular complexity index is 515. The Labute approximate surface area is 123 Å². The molecule has 0 atom stereocenters. The van der Waals surface area contributed by atoms with Crippen molar-refractivity contribution in [2.24, 2.45) is 0 Å². The molecule has 1 heterocycles. The lowest BCUT2D eigenvalue weighted by Gasteiger charge is -2.07. The first-order chi connectivity index (χ1) is 9.58. The average Bonchev–Trinajstić information content (AvgIpc) is 3.19. The molecule has 20 heavy (non-hydrogen) atoms. The standard InChI is InChI=1S/C14H18ClN3O2/c1-2-3-11-6-9(7-12(15)17-11)14(20)16-8-13(19)18-10-4-5-10/h6-7,10H,2-5,8H2,1H3,(H,16,20)(H,18,19). The Morgan fingerprint density at radius 1 is 1.40 bits per heavy atom. The molecule has 0 spiro atoms. The van der Waals surface area contributed by atoms with Crippen LogP contribution >= 0.6 is 11.6 Å². The van der Waals surface area contributed by atoms with Gasteiger partial charge in [0.1, 0.15) is 5.15 Å². The van der Waals surface area contributed by atoms with Crippen LogP contribution in [0.15, 0.2) is 12.1 Å². The Morgan fingerprint density at radius 3 is 2.80 bits per heavy atom. The molecular formula is C14H18ClN3O2. The van der Waals surface area contributed by atoms with E-state index in [2.05, 4.69) is 15.6 Å². The van der Waals surface area contributed by atoms with Gasteiger partial charge in [-0.25, -0.2) is 4.98 Å². The van der Waals surface area contributed by atoms with Crippen molar-refractivity contribution in [2.45, 2.75) is 38.6 Å². The fraction of sp³-hybridized carbons (Fsp3) is 0.500. The van der Waals surface area contributed by atoms with E-state index in [0.717, 1.165) is 31.4 Å². The SMILES string of the molecule is CCCc1cc(C(=O)NCC(=O)NC2CC2)cc(Cl)n1. The van der Waals surface area contributed by atoms with Crippen molar-refractivity contribution >= 4 is 23.4 Å². The van der Waals surface area contributed by atoms with E-state index in [1.54, 1.807) is 6.07 Å². The third-order valence-electron chi connectivity index (χ3n) is 2.97. The minimum atomic E-state index is -0.308. The van der Waals surface area contributed by atoms with Crippen LogP contribution in [0.5, 0.6) is 0 Å². The molecule has 2 amide bonds. The molecule has 5 nitrogen and oxygen atoms in total. The van der Waals surface area contributed by atoms with Crippen molar-refractivity contribution in [1.29, 1.82) is 0 Å². The van der Waals surface area contributed by atoms with Crippen molar-refractivity contribution in [3.05, 3.63) is 28.5 Å². The number of carbonyl (C=O) groups is 2. The smallest absolute Gasteiger partial charge is 0.251 e. The van der Waals surface area contributed by atoms with Gasteiger partial charge in [-0.3, -0.25) is 9.59 Å². The summed E-state index contributed by atoms with van der Waals surface area (Å²) in [7, 11) is 0. The highest BCUT2D eigenvalue weighted by Crippen LogP contribution is 2.18. The zero-order chi connectivity index (χ0) is 14.5. The van der Waals surface area contributed by atoms with Crippen LogP contribution in [0, 0.1) is 0 Å². The molecule has 0 bridgehead atoms. The van der Waals surface area contributed by atoms with Crippen molar-refractivity contribution in [3.8, 4) is 0 Å². The van der Waals surface area contributed by atoms with Crippen LogP contribution in [-0.2, 0) is 11.2 Å². The summed E-state index contributed by atoms with van der Waals surface area (Å²) in [4.78, 5) is 27.6. The van der Waals surface area contributed by atoms with Crippen LogP contribution in [0.4, 0.5) is 0 Å². The minimum Gasteiger partial charge on any atom is -0.352 e. The van der Waals surface area contributed by atoms with Gasteiger partial charge < -0.3 is 10.6 Å². The number of hydrogen-bond acceptors (Lipinski definition) is 3. The summed E-state index contributed by atoms with van der Waals surface area (Å²) in [5.74, 6) is -0.465. The molecule has 1 aromatic rings. The third-order valence-corrected chi connectivity index (χ3v) is 3.16. The molecule has 1 saturated carbocycles. The quantitative estimate of drug-likeness (QED) is 0.785. The van der Waals surface area contributed by atoms with E-state index in [1.807, 2.05) is 6.92 Å². The zero-order valence-corrected chi connectivity index (χ0v) is 12.2. The van der Waals surface area contributed by atoms with Crippen LogP contribution in [0.3, 0.4) is 0 Å². The number of pyridine rings is 1. The van der Waals surface area contributed by atoms with Gasteiger partial charge in [0, 0.05) is 17.3 Å². The summed E-state index contributed by atoms with van der Waals surface area (Å²) in [6, 6.07) is 3.52. The molecule has 1 fully saturated rings. The average molecular weight is 296 g/mol. The zero-order valence-electron chi connectivity index (χ0n) is 11.4. The van der Waals surface area contributed by atoms with E-state index >= 15 is 0 Å². The summed E-state index contributed by atoms with van der Waals surface area (Å²) in [5.41, 5.74) is 1.22. The number of rotatable bonds is 6. The predicted molar refractivity (Wildman–Crippen MR) is 76.7 cm³/mol. The number of aromatic nitrogens is 1. The molecular weight excluding hydrogens is 278 g/mol. The maximum Gasteiger partial charge on any atom is 0.251 e. The highest BCUT2D eigenvalue weighted by atomic mass is 35.5. The normalized spacial score (nSPS) is 13.9. The molecule has 0 radical (unpaired) electrons. The van der Waals surface area contributed by atoms with E-state index in [0.29, 0.717) is 16.8 Å². The number of halogens is 1. The molecule has 108 valence electrons. The predicted octanol–water partition coefficient (Wildman–Crippen LogP) is 1.70. The number of aryl methyl sites for hydroxylation is 1. The Morgan fingerprint density at radius 2 is 2.15 bits per heavy atom. The molecule has 0 saturated heterocycles. The summed E-state index contributed by atoms with van der Waals surface area (Å²) < 4.78 is 0. The Kier molecular flexibility index (Phi) is 4.95. The highest BCUT2D eigenvalue weighted by Gasteiger charge is 2.23. The van der Waals surface area contributed by atoms with Gasteiger partial charge in [0.25, 0.3) is 5.91 Å². The number of nitrogens with zero attached hydrogens (tertiary/aromatic N) is 1. The van der Waals surface area contributed by atoms with Crippen molar-refractivity contribution < 1.29 is 9.59 Å². The van der Waals surface area contributed by atoms with Gasteiger partial charge in [-0.05, 0) is 31.4 Å². The molecule has 2 N–H and O–H groups in total. The second kappa shape index (κ2) is 6.70. The van der Waals surface area contributed by atoms with Crippen molar-refractivity contribution in [3.63, 3.8) is 0 Å². The van der Waals surface area contributed by atoms with Gasteiger partial charge in [0.05, 0.1) is 6.54 Å². The van der Waals surface area contributed by atoms with Gasteiger partial charge >= 0.3 is 0 Å². The summed E-state index contributed by atoms with van der Waals surface area (Å²) >= 11 is 5.90. The maximum absolute atomic E-state index is 12.0.